The summed E-state index contributed by atoms with van der Waals surface area (Å²) in [6.45, 7) is 0. The summed E-state index contributed by atoms with van der Waals surface area (Å²) in [6, 6.07) is 64.7. The molecule has 0 amide bonds. The van der Waals surface area contributed by atoms with Gasteiger partial charge in [-0.15, -0.1) is 0 Å². The van der Waals surface area contributed by atoms with Gasteiger partial charge in [0.15, 0.2) is 0 Å². The second kappa shape index (κ2) is 11.1. The molecule has 0 aliphatic carbocycles. The van der Waals surface area contributed by atoms with E-state index in [9.17, 15) is 5.26 Å². The molecule has 0 aliphatic heterocycles. The highest BCUT2D eigenvalue weighted by atomic mass is 15.0. The van der Waals surface area contributed by atoms with Crippen LogP contribution in [0.25, 0.3) is 88.0 Å². The lowest BCUT2D eigenvalue weighted by Gasteiger charge is -2.17. The summed E-state index contributed by atoms with van der Waals surface area (Å²) >= 11 is 0. The van der Waals surface area contributed by atoms with Crippen LogP contribution in [0, 0.1) is 11.3 Å². The van der Waals surface area contributed by atoms with Crippen LogP contribution in [0.1, 0.15) is 5.56 Å². The molecule has 0 atom stereocenters. The minimum atomic E-state index is 0.657. The van der Waals surface area contributed by atoms with Gasteiger partial charge in [0.2, 0.25) is 0 Å². The van der Waals surface area contributed by atoms with Crippen molar-refractivity contribution in [3.8, 4) is 39.7 Å². The third-order valence-corrected chi connectivity index (χ3v) is 10.2. The van der Waals surface area contributed by atoms with Crippen LogP contribution in [-0.4, -0.2) is 9.13 Å². The van der Waals surface area contributed by atoms with Crippen molar-refractivity contribution in [3.05, 3.63) is 181 Å². The first kappa shape index (κ1) is 28.2. The predicted octanol–water partition coefficient (Wildman–Crippen LogP) is 12.2. The van der Waals surface area contributed by atoms with Crippen LogP contribution in [-0.2, 0) is 0 Å². The van der Waals surface area contributed by atoms with E-state index in [0.717, 1.165) is 50.2 Å². The first-order valence-corrected chi connectivity index (χ1v) is 16.9. The molecule has 2 heterocycles. The Kier molecular flexibility index (Phi) is 6.24. The molecular weight excluding hydrogens is 607 g/mol. The average Bonchev–Trinajstić information content (AvgIpc) is 3.71. The maximum atomic E-state index is 10.9. The Morgan fingerprint density at radius 3 is 1.70 bits per heavy atom. The quantitative estimate of drug-likeness (QED) is 0.189. The van der Waals surface area contributed by atoms with Crippen molar-refractivity contribution < 1.29 is 0 Å². The summed E-state index contributed by atoms with van der Waals surface area (Å²) in [5, 5.41) is 18.2. The normalized spacial score (nSPS) is 11.6. The zero-order valence-corrected chi connectivity index (χ0v) is 27.1. The van der Waals surface area contributed by atoms with Crippen molar-refractivity contribution in [2.45, 2.75) is 0 Å². The molecule has 3 heteroatoms. The lowest BCUT2D eigenvalue weighted by molar-refractivity contribution is 1.18. The third kappa shape index (κ3) is 4.09. The Labute approximate surface area is 289 Å². The van der Waals surface area contributed by atoms with Gasteiger partial charge in [0, 0.05) is 49.3 Å². The number of benzene rings is 8. The molecule has 10 aromatic rings. The molecule has 50 heavy (non-hydrogen) atoms. The molecule has 0 saturated heterocycles. The van der Waals surface area contributed by atoms with Crippen LogP contribution in [0.3, 0.4) is 0 Å². The van der Waals surface area contributed by atoms with Gasteiger partial charge in [-0.3, -0.25) is 0 Å². The molecule has 0 bridgehead atoms. The molecule has 0 radical (unpaired) electrons. The predicted molar refractivity (Wildman–Crippen MR) is 208 cm³/mol. The van der Waals surface area contributed by atoms with Crippen LogP contribution in [0.5, 0.6) is 0 Å². The van der Waals surface area contributed by atoms with Gasteiger partial charge in [-0.25, -0.2) is 0 Å². The molecule has 0 N–H and O–H groups in total. The number of hydrogen-bond donors (Lipinski definition) is 0. The molecule has 0 unspecified atom stereocenters. The number of para-hydroxylation sites is 4. The van der Waals surface area contributed by atoms with Gasteiger partial charge in [-0.1, -0.05) is 140 Å². The van der Waals surface area contributed by atoms with E-state index in [1.165, 1.54) is 37.8 Å². The van der Waals surface area contributed by atoms with Gasteiger partial charge in [-0.2, -0.15) is 5.26 Å². The van der Waals surface area contributed by atoms with Crippen molar-refractivity contribution in [3.63, 3.8) is 0 Å². The summed E-state index contributed by atoms with van der Waals surface area (Å²) in [5.74, 6) is 0. The Morgan fingerprint density at radius 1 is 0.400 bits per heavy atom. The van der Waals surface area contributed by atoms with E-state index in [-0.39, 0.29) is 0 Å². The Morgan fingerprint density at radius 2 is 0.960 bits per heavy atom. The molecular formula is C47H29N3. The van der Waals surface area contributed by atoms with Crippen molar-refractivity contribution in [1.29, 1.82) is 5.26 Å². The van der Waals surface area contributed by atoms with E-state index in [0.29, 0.717) is 5.56 Å². The van der Waals surface area contributed by atoms with Crippen LogP contribution in [0.4, 0.5) is 0 Å². The molecule has 0 spiro atoms. The highest BCUT2D eigenvalue weighted by Crippen LogP contribution is 2.41. The maximum absolute atomic E-state index is 10.9. The average molecular weight is 636 g/mol. The van der Waals surface area contributed by atoms with Crippen LogP contribution < -0.4 is 0 Å². The minimum absolute atomic E-state index is 0.657. The molecule has 3 nitrogen and oxygen atoms in total. The fraction of sp³-hybridized carbons (Fsp3) is 0. The minimum Gasteiger partial charge on any atom is -0.309 e. The Balaban J connectivity index is 1.20. The third-order valence-electron chi connectivity index (χ3n) is 10.2. The van der Waals surface area contributed by atoms with E-state index in [2.05, 4.69) is 191 Å². The second-order valence-corrected chi connectivity index (χ2v) is 12.8. The summed E-state index contributed by atoms with van der Waals surface area (Å²) in [4.78, 5) is 0. The highest BCUT2D eigenvalue weighted by molar-refractivity contribution is 6.19. The number of fused-ring (bicyclic) bond motifs is 8. The number of rotatable bonds is 4. The van der Waals surface area contributed by atoms with Gasteiger partial charge in [0.25, 0.3) is 0 Å². The van der Waals surface area contributed by atoms with Crippen LogP contribution >= 0.6 is 0 Å². The molecule has 0 saturated carbocycles. The summed E-state index contributed by atoms with van der Waals surface area (Å²) in [7, 11) is 0. The molecule has 10 rings (SSSR count). The van der Waals surface area contributed by atoms with E-state index in [1.807, 2.05) is 0 Å². The summed E-state index contributed by atoms with van der Waals surface area (Å²) in [5.41, 5.74) is 11.2. The number of nitrogens with zero attached hydrogens (tertiary/aromatic N) is 3. The van der Waals surface area contributed by atoms with E-state index >= 15 is 0 Å². The Hall–Kier alpha value is -6.89. The lowest BCUT2D eigenvalue weighted by Crippen LogP contribution is -1.99. The number of hydrogen-bond acceptors (Lipinski definition) is 1. The first-order valence-electron chi connectivity index (χ1n) is 16.9. The van der Waals surface area contributed by atoms with Crippen molar-refractivity contribution in [1.82, 2.24) is 9.13 Å². The number of aromatic nitrogens is 2. The summed E-state index contributed by atoms with van der Waals surface area (Å²) in [6.07, 6.45) is 0. The standard InChI is InChI=1S/C47H29N3/c48-30-42-34(32-14-11-15-33(29-32)49-43-23-7-4-18-38(43)39-19-5-8-24-44(39)49)21-12-22-36(42)37-17-3-9-25-45(37)50-46-26-10-6-20-40(46)41-28-27-31-13-1-2-16-35(31)47(41)50/h1-29H. The topological polar surface area (TPSA) is 33.6 Å². The highest BCUT2D eigenvalue weighted by Gasteiger charge is 2.20. The first-order chi connectivity index (χ1) is 24.8. The van der Waals surface area contributed by atoms with Gasteiger partial charge >= 0.3 is 0 Å². The number of nitriles is 1. The zero-order valence-electron chi connectivity index (χ0n) is 27.1. The fourth-order valence-electron chi connectivity index (χ4n) is 8.03. The van der Waals surface area contributed by atoms with Gasteiger partial charge in [0.1, 0.15) is 6.07 Å². The maximum Gasteiger partial charge on any atom is 0.100 e. The van der Waals surface area contributed by atoms with Crippen molar-refractivity contribution in [2.75, 3.05) is 0 Å². The second-order valence-electron chi connectivity index (χ2n) is 12.8. The monoisotopic (exact) mass is 635 g/mol. The van der Waals surface area contributed by atoms with E-state index in [4.69, 9.17) is 0 Å². The van der Waals surface area contributed by atoms with Crippen LogP contribution in [0.15, 0.2) is 176 Å². The van der Waals surface area contributed by atoms with E-state index in [1.54, 1.807) is 0 Å². The SMILES string of the molecule is N#Cc1c(-c2cccc(-n3c4ccccc4c4ccccc43)c2)cccc1-c1ccccc1-n1c2ccccc2c2ccc3ccccc3c21. The molecule has 8 aromatic carbocycles. The smallest absolute Gasteiger partial charge is 0.100 e. The van der Waals surface area contributed by atoms with Gasteiger partial charge in [0.05, 0.1) is 33.3 Å². The molecule has 0 aliphatic rings. The molecule has 232 valence electrons. The van der Waals surface area contributed by atoms with Crippen molar-refractivity contribution in [2.24, 2.45) is 0 Å². The van der Waals surface area contributed by atoms with Gasteiger partial charge in [-0.05, 0) is 47.3 Å². The van der Waals surface area contributed by atoms with E-state index < -0.39 is 0 Å². The lowest BCUT2D eigenvalue weighted by atomic mass is 9.91. The molecule has 0 fully saturated rings. The van der Waals surface area contributed by atoms with Crippen molar-refractivity contribution >= 4 is 54.4 Å². The fourth-order valence-corrected chi connectivity index (χ4v) is 8.03. The van der Waals surface area contributed by atoms with Crippen LogP contribution in [0.2, 0.25) is 0 Å². The summed E-state index contributed by atoms with van der Waals surface area (Å²) < 4.78 is 4.71. The largest absolute Gasteiger partial charge is 0.309 e. The van der Waals surface area contributed by atoms with Gasteiger partial charge < -0.3 is 9.13 Å². The molecule has 2 aromatic heterocycles. The Bertz CT molecular complexity index is 2950. The zero-order chi connectivity index (χ0) is 33.2.